The minimum atomic E-state index is -4.98. The van der Waals surface area contributed by atoms with E-state index in [2.05, 4.69) is 0 Å². The van der Waals surface area contributed by atoms with Crippen LogP contribution >= 0.6 is 0 Å². The molecule has 0 bridgehead atoms. The van der Waals surface area contributed by atoms with Gasteiger partial charge in [0.05, 0.1) is 5.56 Å². The number of rotatable bonds is 6. The van der Waals surface area contributed by atoms with Crippen LogP contribution in [0.1, 0.15) is 64.8 Å². The smallest absolute Gasteiger partial charge is 0.379 e. The molecule has 37 heavy (non-hydrogen) atoms. The normalized spacial score (nSPS) is 22.1. The van der Waals surface area contributed by atoms with Crippen LogP contribution in [-0.2, 0) is 11.0 Å². The lowest BCUT2D eigenvalue weighted by molar-refractivity contribution is -0.206. The number of carbonyl (C=O) groups is 2. The average molecular weight is 532 g/mol. The monoisotopic (exact) mass is 532 g/mol. The van der Waals surface area contributed by atoms with Crippen molar-refractivity contribution in [1.82, 2.24) is 4.90 Å². The Labute approximate surface area is 207 Å². The van der Waals surface area contributed by atoms with Crippen LogP contribution in [0.25, 0.3) is 0 Å². The van der Waals surface area contributed by atoms with Gasteiger partial charge in [0.25, 0.3) is 5.91 Å². The van der Waals surface area contributed by atoms with Gasteiger partial charge in [-0.1, -0.05) is 18.2 Å². The van der Waals surface area contributed by atoms with Gasteiger partial charge in [-0.05, 0) is 67.0 Å². The van der Waals surface area contributed by atoms with Crippen LogP contribution in [0, 0.1) is 11.7 Å². The van der Waals surface area contributed by atoms with Gasteiger partial charge in [0, 0.05) is 18.0 Å². The highest BCUT2D eigenvalue weighted by molar-refractivity contribution is 6.00. The van der Waals surface area contributed by atoms with E-state index in [0.717, 1.165) is 29.2 Å². The first kappa shape index (κ1) is 26.9. The summed E-state index contributed by atoms with van der Waals surface area (Å²) >= 11 is 0. The number of amides is 2. The summed E-state index contributed by atoms with van der Waals surface area (Å²) in [5.41, 5.74) is 1.76. The molecule has 3 atom stereocenters. The number of alkyl halides is 6. The second-order valence-corrected chi connectivity index (χ2v) is 9.47. The standard InChI is InChI=1S/C25H23F7N2O3/c26-18-12-16(24(27,28)29)7-8-17(18)19(13-5-6-13)23(22(33)37)9-2-10-34(23)21(36)15-4-1-3-14(11-15)20(35)25(30,31)32/h1,3-4,7-8,11-13,19-20,35H,2,5-6,9-10H2,(H2,33,37)/t19-,20?,23?/m1/s1. The van der Waals surface area contributed by atoms with Gasteiger partial charge in [0.2, 0.25) is 5.91 Å². The third-order valence-electron chi connectivity index (χ3n) is 7.12. The summed E-state index contributed by atoms with van der Waals surface area (Å²) in [7, 11) is 0. The highest BCUT2D eigenvalue weighted by Crippen LogP contribution is 2.54. The zero-order valence-corrected chi connectivity index (χ0v) is 19.2. The van der Waals surface area contributed by atoms with Crippen LogP contribution in [0.15, 0.2) is 42.5 Å². The van der Waals surface area contributed by atoms with Crippen LogP contribution in [0.4, 0.5) is 30.7 Å². The minimum absolute atomic E-state index is 0.000565. The van der Waals surface area contributed by atoms with Crippen molar-refractivity contribution in [3.05, 3.63) is 70.5 Å². The number of nitrogens with two attached hydrogens (primary N) is 1. The maximum atomic E-state index is 15.1. The van der Waals surface area contributed by atoms with Crippen LogP contribution in [-0.4, -0.2) is 40.1 Å². The largest absolute Gasteiger partial charge is 0.418 e. The summed E-state index contributed by atoms with van der Waals surface area (Å²) in [6.07, 6.45) is -11.3. The third kappa shape index (κ3) is 4.90. The number of hydrogen-bond donors (Lipinski definition) is 2. The van der Waals surface area contributed by atoms with Gasteiger partial charge in [-0.2, -0.15) is 26.3 Å². The lowest BCUT2D eigenvalue weighted by Gasteiger charge is -2.43. The number of nitrogens with zero attached hydrogens (tertiary/aromatic N) is 1. The molecule has 2 unspecified atom stereocenters. The Morgan fingerprint density at radius 2 is 1.73 bits per heavy atom. The number of primary amides is 1. The molecule has 2 amide bonds. The average Bonchev–Trinajstić information content (AvgIpc) is 3.55. The fourth-order valence-corrected chi connectivity index (χ4v) is 5.33. The molecule has 1 aliphatic carbocycles. The fourth-order valence-electron chi connectivity index (χ4n) is 5.33. The molecule has 2 fully saturated rings. The van der Waals surface area contributed by atoms with Crippen molar-refractivity contribution in [3.8, 4) is 0 Å². The van der Waals surface area contributed by atoms with E-state index in [4.69, 9.17) is 5.73 Å². The zero-order valence-electron chi connectivity index (χ0n) is 19.2. The molecule has 12 heteroatoms. The Kier molecular flexibility index (Phi) is 6.76. The number of hydrogen-bond acceptors (Lipinski definition) is 3. The van der Waals surface area contributed by atoms with Crippen molar-refractivity contribution in [3.63, 3.8) is 0 Å². The Balaban J connectivity index is 1.78. The molecule has 1 aliphatic heterocycles. The highest BCUT2D eigenvalue weighted by atomic mass is 19.4. The second kappa shape index (κ2) is 9.30. The Hall–Kier alpha value is -3.15. The van der Waals surface area contributed by atoms with Crippen molar-refractivity contribution in [1.29, 1.82) is 0 Å². The maximum Gasteiger partial charge on any atom is 0.418 e. The lowest BCUT2D eigenvalue weighted by atomic mass is 9.73. The fraction of sp³-hybridized carbons (Fsp3) is 0.440. The van der Waals surface area contributed by atoms with Gasteiger partial charge < -0.3 is 15.7 Å². The Morgan fingerprint density at radius 3 is 2.27 bits per heavy atom. The van der Waals surface area contributed by atoms with E-state index in [1.807, 2.05) is 0 Å². The van der Waals surface area contributed by atoms with Gasteiger partial charge in [0.1, 0.15) is 11.4 Å². The van der Waals surface area contributed by atoms with Crippen molar-refractivity contribution in [2.24, 2.45) is 11.7 Å². The summed E-state index contributed by atoms with van der Waals surface area (Å²) in [6.45, 7) is -0.0285. The Morgan fingerprint density at radius 1 is 1.05 bits per heavy atom. The molecule has 200 valence electrons. The molecule has 2 aliphatic rings. The first-order chi connectivity index (χ1) is 17.2. The zero-order chi connectivity index (χ0) is 27.3. The predicted octanol–water partition coefficient (Wildman–Crippen LogP) is 5.09. The third-order valence-corrected chi connectivity index (χ3v) is 7.12. The van der Waals surface area contributed by atoms with Crippen molar-refractivity contribution >= 4 is 11.8 Å². The summed E-state index contributed by atoms with van der Waals surface area (Å²) in [4.78, 5) is 27.6. The van der Waals surface area contributed by atoms with Crippen molar-refractivity contribution in [2.75, 3.05) is 6.54 Å². The molecule has 4 rings (SSSR count). The van der Waals surface area contributed by atoms with Crippen LogP contribution in [0.5, 0.6) is 0 Å². The molecular formula is C25H23F7N2O3. The molecule has 0 spiro atoms. The first-order valence-electron chi connectivity index (χ1n) is 11.5. The maximum absolute atomic E-state index is 15.1. The topological polar surface area (TPSA) is 83.6 Å². The number of carbonyl (C=O) groups excluding carboxylic acids is 2. The van der Waals surface area contributed by atoms with Crippen LogP contribution < -0.4 is 5.73 Å². The van der Waals surface area contributed by atoms with Gasteiger partial charge in [-0.25, -0.2) is 4.39 Å². The number of halogens is 7. The molecule has 1 saturated heterocycles. The molecule has 0 radical (unpaired) electrons. The van der Waals surface area contributed by atoms with Crippen LogP contribution in [0.2, 0.25) is 0 Å². The molecule has 2 aromatic carbocycles. The number of aliphatic hydroxyl groups is 1. The van der Waals surface area contributed by atoms with E-state index in [0.29, 0.717) is 25.0 Å². The van der Waals surface area contributed by atoms with Crippen molar-refractivity contribution in [2.45, 2.75) is 55.6 Å². The van der Waals surface area contributed by atoms with E-state index in [1.54, 1.807) is 0 Å². The number of aliphatic hydroxyl groups excluding tert-OH is 1. The predicted molar refractivity (Wildman–Crippen MR) is 117 cm³/mol. The molecular weight excluding hydrogens is 509 g/mol. The summed E-state index contributed by atoms with van der Waals surface area (Å²) in [5, 5.41) is 9.60. The second-order valence-electron chi connectivity index (χ2n) is 9.47. The number of likely N-dealkylation sites (tertiary alicyclic amines) is 1. The van der Waals surface area contributed by atoms with Gasteiger partial charge in [-0.3, -0.25) is 9.59 Å². The van der Waals surface area contributed by atoms with E-state index in [9.17, 15) is 41.0 Å². The van der Waals surface area contributed by atoms with Gasteiger partial charge in [-0.15, -0.1) is 0 Å². The van der Waals surface area contributed by atoms with Crippen LogP contribution in [0.3, 0.4) is 0 Å². The molecule has 2 aromatic rings. The Bertz CT molecular complexity index is 1210. The summed E-state index contributed by atoms with van der Waals surface area (Å²) in [5.74, 6) is -4.43. The van der Waals surface area contributed by atoms with Crippen molar-refractivity contribution < 1.29 is 45.4 Å². The molecule has 1 heterocycles. The molecule has 3 N–H and O–H groups in total. The minimum Gasteiger partial charge on any atom is -0.379 e. The SMILES string of the molecule is NC(=O)C1([C@@H](c2ccc(C(F)(F)F)cc2F)C2CC2)CCCN1C(=O)c1cccc(C(O)C(F)(F)F)c1. The molecule has 1 saturated carbocycles. The van der Waals surface area contributed by atoms with Gasteiger partial charge in [0.15, 0.2) is 6.10 Å². The van der Waals surface area contributed by atoms with E-state index >= 15 is 4.39 Å². The first-order valence-corrected chi connectivity index (χ1v) is 11.5. The van der Waals surface area contributed by atoms with Gasteiger partial charge >= 0.3 is 12.4 Å². The quantitative estimate of drug-likeness (QED) is 0.509. The van der Waals surface area contributed by atoms with E-state index < -0.39 is 58.7 Å². The summed E-state index contributed by atoms with van der Waals surface area (Å²) < 4.78 is 93.5. The lowest BCUT2D eigenvalue weighted by Crippen LogP contribution is -2.60. The van der Waals surface area contributed by atoms with E-state index in [1.165, 1.54) is 6.07 Å². The summed E-state index contributed by atoms with van der Waals surface area (Å²) in [6, 6.07) is 6.19. The number of benzene rings is 2. The molecule has 0 aromatic heterocycles. The van der Waals surface area contributed by atoms with E-state index in [-0.39, 0.29) is 36.4 Å². The molecule has 5 nitrogen and oxygen atoms in total. The highest BCUT2D eigenvalue weighted by Gasteiger charge is 2.59.